The Labute approximate surface area is 120 Å². The molecule has 20 heavy (non-hydrogen) atoms. The van der Waals surface area contributed by atoms with Crippen LogP contribution in [-0.4, -0.2) is 21.5 Å². The van der Waals surface area contributed by atoms with Crippen LogP contribution in [0.1, 0.15) is 39.1 Å². The molecular formula is C16H22N4. The third kappa shape index (κ3) is 2.95. The van der Waals surface area contributed by atoms with Crippen LogP contribution in [0.15, 0.2) is 24.5 Å². The quantitative estimate of drug-likeness (QED) is 0.926. The molecule has 0 aliphatic heterocycles. The number of aromatic nitrogens is 3. The van der Waals surface area contributed by atoms with E-state index in [2.05, 4.69) is 43.0 Å². The number of hydrogen-bond acceptors (Lipinski definition) is 4. The molecule has 2 rings (SSSR count). The van der Waals surface area contributed by atoms with Crippen molar-refractivity contribution in [3.63, 3.8) is 0 Å². The van der Waals surface area contributed by atoms with E-state index >= 15 is 0 Å². The number of pyridine rings is 1. The molecule has 0 amide bonds. The van der Waals surface area contributed by atoms with Gasteiger partial charge in [0.2, 0.25) is 0 Å². The molecule has 0 unspecified atom stereocenters. The van der Waals surface area contributed by atoms with Gasteiger partial charge in [0.1, 0.15) is 11.6 Å². The highest BCUT2D eigenvalue weighted by atomic mass is 15.0. The summed E-state index contributed by atoms with van der Waals surface area (Å²) in [5, 5.41) is 3.33. The summed E-state index contributed by atoms with van der Waals surface area (Å²) >= 11 is 0. The van der Waals surface area contributed by atoms with Crippen LogP contribution in [-0.2, 0) is 5.41 Å². The van der Waals surface area contributed by atoms with Gasteiger partial charge in [0.05, 0.1) is 5.69 Å². The first-order chi connectivity index (χ1) is 9.43. The van der Waals surface area contributed by atoms with Crippen molar-refractivity contribution in [2.45, 2.75) is 40.0 Å². The molecule has 0 bridgehead atoms. The molecule has 4 heteroatoms. The summed E-state index contributed by atoms with van der Waals surface area (Å²) in [4.78, 5) is 13.6. The van der Waals surface area contributed by atoms with Crippen LogP contribution in [0.3, 0.4) is 0 Å². The normalized spacial score (nSPS) is 11.4. The second kappa shape index (κ2) is 5.57. The van der Waals surface area contributed by atoms with Gasteiger partial charge >= 0.3 is 0 Å². The van der Waals surface area contributed by atoms with E-state index in [4.69, 9.17) is 4.98 Å². The molecule has 0 spiro atoms. The van der Waals surface area contributed by atoms with Gasteiger partial charge < -0.3 is 5.32 Å². The van der Waals surface area contributed by atoms with Gasteiger partial charge in [-0.25, -0.2) is 9.97 Å². The minimum absolute atomic E-state index is 0.0885. The zero-order valence-electron chi connectivity index (χ0n) is 12.9. The molecule has 2 aromatic heterocycles. The topological polar surface area (TPSA) is 50.7 Å². The van der Waals surface area contributed by atoms with Crippen LogP contribution in [0.4, 0.5) is 5.82 Å². The van der Waals surface area contributed by atoms with Crippen molar-refractivity contribution in [2.24, 2.45) is 0 Å². The van der Waals surface area contributed by atoms with E-state index in [-0.39, 0.29) is 5.41 Å². The Hall–Kier alpha value is -1.97. The first-order valence-electron chi connectivity index (χ1n) is 6.97. The summed E-state index contributed by atoms with van der Waals surface area (Å²) in [6.45, 7) is 11.3. The number of anilines is 1. The van der Waals surface area contributed by atoms with Gasteiger partial charge in [-0.05, 0) is 26.0 Å². The van der Waals surface area contributed by atoms with Crippen LogP contribution in [0.5, 0.6) is 0 Å². The van der Waals surface area contributed by atoms with Crippen molar-refractivity contribution < 1.29 is 0 Å². The van der Waals surface area contributed by atoms with Crippen LogP contribution in [0.25, 0.3) is 11.3 Å². The van der Waals surface area contributed by atoms with Gasteiger partial charge in [-0.2, -0.15) is 0 Å². The van der Waals surface area contributed by atoms with Crippen molar-refractivity contribution in [1.82, 2.24) is 15.0 Å². The smallest absolute Gasteiger partial charge is 0.136 e. The third-order valence-electron chi connectivity index (χ3n) is 3.10. The average Bonchev–Trinajstić information content (AvgIpc) is 2.41. The molecule has 0 aliphatic carbocycles. The summed E-state index contributed by atoms with van der Waals surface area (Å²) in [6, 6.07) is 3.96. The molecule has 0 fully saturated rings. The van der Waals surface area contributed by atoms with Gasteiger partial charge in [-0.3, -0.25) is 4.98 Å². The number of nitrogens with one attached hydrogen (secondary N) is 1. The molecule has 0 aromatic carbocycles. The summed E-state index contributed by atoms with van der Waals surface area (Å²) in [7, 11) is 0. The average molecular weight is 270 g/mol. The van der Waals surface area contributed by atoms with Crippen LogP contribution in [0, 0.1) is 6.92 Å². The number of hydrogen-bond donors (Lipinski definition) is 1. The standard InChI is InChI=1S/C16H22N4/c1-6-18-14-11(2)13(12-8-7-9-17-10-12)19-15(20-14)16(3,4)5/h7-10H,6H2,1-5H3,(H,18,19,20). The van der Waals surface area contributed by atoms with Crippen LogP contribution in [0.2, 0.25) is 0 Å². The van der Waals surface area contributed by atoms with Crippen molar-refractivity contribution in [2.75, 3.05) is 11.9 Å². The number of rotatable bonds is 3. The Kier molecular flexibility index (Phi) is 4.02. The van der Waals surface area contributed by atoms with Crippen LogP contribution >= 0.6 is 0 Å². The molecule has 4 nitrogen and oxygen atoms in total. The minimum atomic E-state index is -0.0885. The molecule has 0 aliphatic rings. The lowest BCUT2D eigenvalue weighted by Gasteiger charge is -2.20. The minimum Gasteiger partial charge on any atom is -0.370 e. The van der Waals surface area contributed by atoms with E-state index < -0.39 is 0 Å². The summed E-state index contributed by atoms with van der Waals surface area (Å²) in [5.74, 6) is 1.75. The predicted molar refractivity (Wildman–Crippen MR) is 82.9 cm³/mol. The Morgan fingerprint density at radius 3 is 2.50 bits per heavy atom. The predicted octanol–water partition coefficient (Wildman–Crippen LogP) is 3.58. The first kappa shape index (κ1) is 14.4. The lowest BCUT2D eigenvalue weighted by molar-refractivity contribution is 0.546. The highest BCUT2D eigenvalue weighted by Gasteiger charge is 2.21. The molecule has 2 heterocycles. The van der Waals surface area contributed by atoms with Crippen molar-refractivity contribution in [3.8, 4) is 11.3 Å². The second-order valence-electron chi connectivity index (χ2n) is 5.89. The highest BCUT2D eigenvalue weighted by Crippen LogP contribution is 2.29. The summed E-state index contributed by atoms with van der Waals surface area (Å²) in [5.41, 5.74) is 2.95. The molecule has 0 saturated heterocycles. The SMILES string of the molecule is CCNc1nc(C(C)(C)C)nc(-c2cccnc2)c1C. The zero-order valence-corrected chi connectivity index (χ0v) is 12.9. The van der Waals surface area contributed by atoms with E-state index in [1.54, 1.807) is 6.20 Å². The van der Waals surface area contributed by atoms with E-state index in [9.17, 15) is 0 Å². The second-order valence-corrected chi connectivity index (χ2v) is 5.89. The maximum absolute atomic E-state index is 4.77. The van der Waals surface area contributed by atoms with Crippen molar-refractivity contribution in [1.29, 1.82) is 0 Å². The van der Waals surface area contributed by atoms with Crippen molar-refractivity contribution in [3.05, 3.63) is 35.9 Å². The zero-order chi connectivity index (χ0) is 14.8. The lowest BCUT2D eigenvalue weighted by Crippen LogP contribution is -2.19. The summed E-state index contributed by atoms with van der Waals surface area (Å²) in [6.07, 6.45) is 3.62. The monoisotopic (exact) mass is 270 g/mol. The van der Waals surface area contributed by atoms with E-state index in [1.165, 1.54) is 0 Å². The fourth-order valence-corrected chi connectivity index (χ4v) is 1.98. The number of nitrogens with zero attached hydrogens (tertiary/aromatic N) is 3. The molecule has 2 aromatic rings. The Bertz CT molecular complexity index is 585. The van der Waals surface area contributed by atoms with E-state index in [0.29, 0.717) is 0 Å². The Morgan fingerprint density at radius 2 is 1.95 bits per heavy atom. The molecule has 1 N–H and O–H groups in total. The fourth-order valence-electron chi connectivity index (χ4n) is 1.98. The Balaban J connectivity index is 2.64. The maximum atomic E-state index is 4.77. The van der Waals surface area contributed by atoms with Gasteiger partial charge in [-0.15, -0.1) is 0 Å². The van der Waals surface area contributed by atoms with E-state index in [1.807, 2.05) is 25.3 Å². The van der Waals surface area contributed by atoms with Gasteiger partial charge in [0, 0.05) is 35.5 Å². The molecule has 106 valence electrons. The summed E-state index contributed by atoms with van der Waals surface area (Å²) < 4.78 is 0. The van der Waals surface area contributed by atoms with Crippen molar-refractivity contribution >= 4 is 5.82 Å². The largest absolute Gasteiger partial charge is 0.370 e. The van der Waals surface area contributed by atoms with Gasteiger partial charge in [0.25, 0.3) is 0 Å². The van der Waals surface area contributed by atoms with Gasteiger partial charge in [-0.1, -0.05) is 20.8 Å². The van der Waals surface area contributed by atoms with E-state index in [0.717, 1.165) is 35.0 Å². The maximum Gasteiger partial charge on any atom is 0.136 e. The third-order valence-corrected chi connectivity index (χ3v) is 3.10. The molecular weight excluding hydrogens is 248 g/mol. The molecule has 0 saturated carbocycles. The fraction of sp³-hybridized carbons (Fsp3) is 0.438. The van der Waals surface area contributed by atoms with Gasteiger partial charge in [0.15, 0.2) is 0 Å². The van der Waals surface area contributed by atoms with Crippen LogP contribution < -0.4 is 5.32 Å². The molecule has 0 atom stereocenters. The first-order valence-corrected chi connectivity index (χ1v) is 6.97. The molecule has 0 radical (unpaired) electrons. The Morgan fingerprint density at radius 1 is 1.20 bits per heavy atom. The lowest BCUT2D eigenvalue weighted by atomic mass is 9.95. The highest BCUT2D eigenvalue weighted by molar-refractivity contribution is 5.67.